The summed E-state index contributed by atoms with van der Waals surface area (Å²) in [5.41, 5.74) is 2.85. The Morgan fingerprint density at radius 2 is 1.76 bits per heavy atom. The molecule has 0 fully saturated rings. The molecule has 0 heterocycles. The Morgan fingerprint density at radius 3 is 2.29 bits per heavy atom. The first-order valence-corrected chi connectivity index (χ1v) is 6.55. The smallest absolute Gasteiger partial charge is 0.269 e. The van der Waals surface area contributed by atoms with Crippen LogP contribution in [0.15, 0.2) is 48.5 Å². The van der Waals surface area contributed by atoms with Crippen LogP contribution in [0.3, 0.4) is 0 Å². The van der Waals surface area contributed by atoms with Crippen LogP contribution in [0.25, 0.3) is 0 Å². The van der Waals surface area contributed by atoms with Crippen LogP contribution in [-0.4, -0.2) is 18.5 Å². The minimum atomic E-state index is -0.396. The molecule has 2 rings (SSSR count). The summed E-state index contributed by atoms with van der Waals surface area (Å²) in [7, 11) is 1.98. The van der Waals surface area contributed by atoms with Crippen molar-refractivity contribution in [1.82, 2.24) is 0 Å². The van der Waals surface area contributed by atoms with Gasteiger partial charge in [-0.1, -0.05) is 12.1 Å². The normalized spacial score (nSPS) is 9.90. The molecule has 0 saturated heterocycles. The van der Waals surface area contributed by atoms with E-state index < -0.39 is 4.92 Å². The first kappa shape index (κ1) is 14.5. The molecule has 0 spiro atoms. The highest BCUT2D eigenvalue weighted by Gasteiger charge is 2.05. The fraction of sp³-hybridized carbons (Fsp3) is 0.188. The fourth-order valence-electron chi connectivity index (χ4n) is 2.00. The van der Waals surface area contributed by atoms with Crippen LogP contribution in [0.5, 0.6) is 0 Å². The minimum absolute atomic E-state index is 0.110. The summed E-state index contributed by atoms with van der Waals surface area (Å²) in [6.07, 6.45) is 0.800. The van der Waals surface area contributed by atoms with Gasteiger partial charge in [-0.3, -0.25) is 10.1 Å². The third kappa shape index (κ3) is 3.80. The van der Waals surface area contributed by atoms with Crippen molar-refractivity contribution in [2.75, 3.05) is 18.5 Å². The zero-order valence-electron chi connectivity index (χ0n) is 11.7. The Morgan fingerprint density at radius 1 is 1.14 bits per heavy atom. The van der Waals surface area contributed by atoms with Crippen molar-refractivity contribution in [1.29, 1.82) is 5.26 Å². The first-order valence-electron chi connectivity index (χ1n) is 6.55. The number of nitrogens with zero attached hydrogens (tertiary/aromatic N) is 3. The van der Waals surface area contributed by atoms with E-state index in [2.05, 4.69) is 11.0 Å². The van der Waals surface area contributed by atoms with Crippen molar-refractivity contribution in [3.05, 3.63) is 69.8 Å². The van der Waals surface area contributed by atoms with E-state index in [4.69, 9.17) is 5.26 Å². The Balaban J connectivity index is 1.95. The number of nitro groups is 1. The summed E-state index contributed by atoms with van der Waals surface area (Å²) in [5, 5.41) is 19.4. The van der Waals surface area contributed by atoms with Gasteiger partial charge in [-0.15, -0.1) is 0 Å². The van der Waals surface area contributed by atoms with Gasteiger partial charge in [-0.25, -0.2) is 0 Å². The molecule has 5 heteroatoms. The van der Waals surface area contributed by atoms with E-state index >= 15 is 0 Å². The molecule has 0 aliphatic heterocycles. The van der Waals surface area contributed by atoms with Crippen molar-refractivity contribution in [3.8, 4) is 6.07 Å². The maximum Gasteiger partial charge on any atom is 0.269 e. The van der Waals surface area contributed by atoms with Crippen LogP contribution in [0, 0.1) is 21.4 Å². The molecule has 0 amide bonds. The molecule has 0 atom stereocenters. The average molecular weight is 281 g/mol. The summed E-state index contributed by atoms with van der Waals surface area (Å²) in [6, 6.07) is 16.1. The van der Waals surface area contributed by atoms with E-state index in [0.717, 1.165) is 24.2 Å². The molecule has 0 aliphatic carbocycles. The quantitative estimate of drug-likeness (QED) is 0.623. The van der Waals surface area contributed by atoms with Crippen LogP contribution in [0.2, 0.25) is 0 Å². The number of anilines is 1. The lowest BCUT2D eigenvalue weighted by Gasteiger charge is -2.19. The Labute approximate surface area is 123 Å². The van der Waals surface area contributed by atoms with Gasteiger partial charge < -0.3 is 4.90 Å². The van der Waals surface area contributed by atoms with E-state index in [1.807, 2.05) is 19.2 Å². The van der Waals surface area contributed by atoms with Crippen molar-refractivity contribution in [3.63, 3.8) is 0 Å². The molecular formula is C16H15N3O2. The standard InChI is InChI=1S/C16H15N3O2/c1-18(15-6-4-14(12-17)5-7-15)11-10-13-2-8-16(9-3-13)19(20)21/h2-9H,10-11H2,1H3. The zero-order valence-corrected chi connectivity index (χ0v) is 11.7. The molecule has 0 saturated carbocycles. The molecule has 2 aromatic carbocycles. The van der Waals surface area contributed by atoms with Crippen molar-refractivity contribution in [2.45, 2.75) is 6.42 Å². The fourth-order valence-corrected chi connectivity index (χ4v) is 2.00. The number of nitriles is 1. The molecular weight excluding hydrogens is 266 g/mol. The van der Waals surface area contributed by atoms with Gasteiger partial charge in [0.05, 0.1) is 16.6 Å². The number of hydrogen-bond donors (Lipinski definition) is 0. The highest BCUT2D eigenvalue weighted by molar-refractivity contribution is 5.49. The zero-order chi connectivity index (χ0) is 15.2. The van der Waals surface area contributed by atoms with Crippen molar-refractivity contribution < 1.29 is 4.92 Å². The third-order valence-corrected chi connectivity index (χ3v) is 3.32. The maximum atomic E-state index is 10.6. The van der Waals surface area contributed by atoms with Crippen LogP contribution < -0.4 is 4.90 Å². The van der Waals surface area contributed by atoms with Crippen molar-refractivity contribution >= 4 is 11.4 Å². The van der Waals surface area contributed by atoms with E-state index in [9.17, 15) is 10.1 Å². The average Bonchev–Trinajstić information content (AvgIpc) is 2.53. The molecule has 0 unspecified atom stereocenters. The van der Waals surface area contributed by atoms with Crippen LogP contribution in [0.4, 0.5) is 11.4 Å². The Bertz CT molecular complexity index is 657. The van der Waals surface area contributed by atoms with E-state index in [0.29, 0.717) is 5.56 Å². The second kappa shape index (κ2) is 6.53. The molecule has 0 radical (unpaired) electrons. The SMILES string of the molecule is CN(CCc1ccc([N+](=O)[O-])cc1)c1ccc(C#N)cc1. The lowest BCUT2D eigenvalue weighted by molar-refractivity contribution is -0.384. The molecule has 0 N–H and O–H groups in total. The van der Waals surface area contributed by atoms with Gasteiger partial charge in [0.1, 0.15) is 0 Å². The van der Waals surface area contributed by atoms with Gasteiger partial charge in [-0.2, -0.15) is 5.26 Å². The van der Waals surface area contributed by atoms with Crippen LogP contribution in [0.1, 0.15) is 11.1 Å². The van der Waals surface area contributed by atoms with E-state index in [1.54, 1.807) is 24.3 Å². The van der Waals surface area contributed by atoms with E-state index in [1.165, 1.54) is 12.1 Å². The molecule has 0 bridgehead atoms. The van der Waals surface area contributed by atoms with Gasteiger partial charge >= 0.3 is 0 Å². The number of nitro benzene ring substituents is 1. The summed E-state index contributed by atoms with van der Waals surface area (Å²) in [6.45, 7) is 0.795. The lowest BCUT2D eigenvalue weighted by Crippen LogP contribution is -2.20. The molecule has 2 aromatic rings. The predicted molar refractivity (Wildman–Crippen MR) is 81.2 cm³/mol. The van der Waals surface area contributed by atoms with Crippen LogP contribution in [-0.2, 0) is 6.42 Å². The Kier molecular flexibility index (Phi) is 4.52. The highest BCUT2D eigenvalue weighted by atomic mass is 16.6. The van der Waals surface area contributed by atoms with Crippen molar-refractivity contribution in [2.24, 2.45) is 0 Å². The number of rotatable bonds is 5. The number of benzene rings is 2. The monoisotopic (exact) mass is 281 g/mol. The minimum Gasteiger partial charge on any atom is -0.374 e. The van der Waals surface area contributed by atoms with Gasteiger partial charge in [0.25, 0.3) is 5.69 Å². The molecule has 0 aromatic heterocycles. The summed E-state index contributed by atoms with van der Waals surface area (Å²) >= 11 is 0. The Hall–Kier alpha value is -2.87. The second-order valence-corrected chi connectivity index (χ2v) is 4.75. The van der Waals surface area contributed by atoms with E-state index in [-0.39, 0.29) is 5.69 Å². The van der Waals surface area contributed by atoms with Crippen LogP contribution >= 0.6 is 0 Å². The summed E-state index contributed by atoms with van der Waals surface area (Å²) in [5.74, 6) is 0. The summed E-state index contributed by atoms with van der Waals surface area (Å²) < 4.78 is 0. The third-order valence-electron chi connectivity index (χ3n) is 3.32. The van der Waals surface area contributed by atoms with Gasteiger partial charge in [0.2, 0.25) is 0 Å². The molecule has 106 valence electrons. The summed E-state index contributed by atoms with van der Waals surface area (Å²) in [4.78, 5) is 12.3. The highest BCUT2D eigenvalue weighted by Crippen LogP contribution is 2.16. The van der Waals surface area contributed by atoms with Gasteiger partial charge in [-0.05, 0) is 36.2 Å². The topological polar surface area (TPSA) is 70.2 Å². The second-order valence-electron chi connectivity index (χ2n) is 4.75. The molecule has 0 aliphatic rings. The lowest BCUT2D eigenvalue weighted by atomic mass is 10.1. The first-order chi connectivity index (χ1) is 10.1. The number of likely N-dealkylation sites (N-methyl/N-ethyl adjacent to an activating group) is 1. The number of hydrogen-bond acceptors (Lipinski definition) is 4. The molecule has 21 heavy (non-hydrogen) atoms. The maximum absolute atomic E-state index is 10.6. The largest absolute Gasteiger partial charge is 0.374 e. The predicted octanol–water partition coefficient (Wildman–Crippen LogP) is 3.15. The van der Waals surface area contributed by atoms with Gasteiger partial charge in [0, 0.05) is 31.4 Å². The van der Waals surface area contributed by atoms with Gasteiger partial charge in [0.15, 0.2) is 0 Å². The molecule has 5 nitrogen and oxygen atoms in total. The number of non-ortho nitro benzene ring substituents is 1.